The number of anilines is 1. The zero-order valence-corrected chi connectivity index (χ0v) is 18.1. The summed E-state index contributed by atoms with van der Waals surface area (Å²) in [6.45, 7) is 8.86. The molecule has 2 aromatic rings. The predicted octanol–water partition coefficient (Wildman–Crippen LogP) is 3.33. The molecule has 30 heavy (non-hydrogen) atoms. The summed E-state index contributed by atoms with van der Waals surface area (Å²) in [7, 11) is 0. The van der Waals surface area contributed by atoms with Crippen molar-refractivity contribution in [3.05, 3.63) is 65.2 Å². The van der Waals surface area contributed by atoms with Crippen LogP contribution in [0.4, 0.5) is 5.69 Å². The molecule has 0 bridgehead atoms. The molecule has 2 aliphatic rings. The van der Waals surface area contributed by atoms with Crippen molar-refractivity contribution in [3.63, 3.8) is 0 Å². The molecule has 5 nitrogen and oxygen atoms in total. The number of nitrogens with zero attached hydrogens (tertiary/aromatic N) is 2. The molecule has 0 aromatic heterocycles. The second kappa shape index (κ2) is 9.63. The Balaban J connectivity index is 1.45. The van der Waals surface area contributed by atoms with Crippen LogP contribution in [0.3, 0.4) is 0 Å². The zero-order chi connectivity index (χ0) is 20.9. The van der Waals surface area contributed by atoms with E-state index < -0.39 is 0 Å². The Morgan fingerprint density at radius 3 is 2.63 bits per heavy atom. The quantitative estimate of drug-likeness (QED) is 0.798. The van der Waals surface area contributed by atoms with Crippen molar-refractivity contribution >= 4 is 11.6 Å². The van der Waals surface area contributed by atoms with Crippen LogP contribution in [-0.4, -0.2) is 56.2 Å². The minimum atomic E-state index is 0.0141. The minimum Gasteiger partial charge on any atom is -0.379 e. The lowest BCUT2D eigenvalue weighted by Crippen LogP contribution is -2.50. The van der Waals surface area contributed by atoms with Crippen LogP contribution in [0, 0.1) is 6.92 Å². The summed E-state index contributed by atoms with van der Waals surface area (Å²) >= 11 is 0. The van der Waals surface area contributed by atoms with E-state index in [0.717, 1.165) is 45.7 Å². The normalized spacial score (nSPS) is 19.1. The van der Waals surface area contributed by atoms with Gasteiger partial charge in [-0.1, -0.05) is 48.0 Å². The molecule has 160 valence electrons. The van der Waals surface area contributed by atoms with Gasteiger partial charge in [-0.2, -0.15) is 0 Å². The van der Waals surface area contributed by atoms with Gasteiger partial charge in [0.1, 0.15) is 0 Å². The second-order valence-electron chi connectivity index (χ2n) is 8.52. The fraction of sp³-hybridized carbons (Fsp3) is 0.480. The molecule has 0 saturated carbocycles. The average molecular weight is 408 g/mol. The van der Waals surface area contributed by atoms with Crippen molar-refractivity contribution < 1.29 is 9.53 Å². The van der Waals surface area contributed by atoms with Gasteiger partial charge in [0.2, 0.25) is 5.91 Å². The molecule has 0 spiro atoms. The number of carbonyl (C=O) groups is 1. The molecule has 1 amide bonds. The fourth-order valence-electron chi connectivity index (χ4n) is 4.84. The number of carbonyl (C=O) groups excluding carboxylic acids is 1. The van der Waals surface area contributed by atoms with Crippen molar-refractivity contribution in [1.82, 2.24) is 10.2 Å². The smallest absolute Gasteiger partial charge is 0.239 e. The van der Waals surface area contributed by atoms with Crippen molar-refractivity contribution in [2.45, 2.75) is 38.8 Å². The third-order valence-electron chi connectivity index (χ3n) is 6.23. The number of benzene rings is 2. The Morgan fingerprint density at radius 1 is 1.10 bits per heavy atom. The molecule has 2 heterocycles. The first-order chi connectivity index (χ1) is 14.6. The maximum atomic E-state index is 13.0. The lowest BCUT2D eigenvalue weighted by molar-refractivity contribution is -0.121. The van der Waals surface area contributed by atoms with Gasteiger partial charge in [-0.05, 0) is 43.9 Å². The van der Waals surface area contributed by atoms with Crippen LogP contribution < -0.4 is 10.2 Å². The molecule has 1 fully saturated rings. The number of nitrogens with one attached hydrogen (secondary N) is 1. The summed E-state index contributed by atoms with van der Waals surface area (Å²) in [6, 6.07) is 17.2. The standard InChI is InChI=1S/C25H33N3O2/c1-19-10-11-23-22(17-19)9-6-12-28(23)18-24(29)26-20(2)25(21-7-4-3-5-8-21)27-13-15-30-16-14-27/h3-5,7-8,10-11,17,20,25H,6,9,12-16,18H2,1-2H3,(H,26,29)/t20-,25-/m1/s1. The molecule has 2 atom stereocenters. The Bertz CT molecular complexity index is 849. The third kappa shape index (κ3) is 4.85. The van der Waals surface area contributed by atoms with Crippen LogP contribution in [0.5, 0.6) is 0 Å². The van der Waals surface area contributed by atoms with Crippen LogP contribution in [0.1, 0.15) is 36.1 Å². The molecule has 1 saturated heterocycles. The Morgan fingerprint density at radius 2 is 1.87 bits per heavy atom. The van der Waals surface area contributed by atoms with Gasteiger partial charge in [0.25, 0.3) is 0 Å². The lowest BCUT2D eigenvalue weighted by atomic mass is 9.97. The Kier molecular flexibility index (Phi) is 6.70. The molecule has 0 aliphatic carbocycles. The molecule has 2 aromatic carbocycles. The number of fused-ring (bicyclic) bond motifs is 1. The number of hydrogen-bond donors (Lipinski definition) is 1. The summed E-state index contributed by atoms with van der Waals surface area (Å²) < 4.78 is 5.55. The SMILES string of the molecule is Cc1ccc2c(c1)CCCN2CC(=O)N[C@H](C)[C@H](c1ccccc1)N1CCOCC1. The minimum absolute atomic E-state index is 0.0141. The highest BCUT2D eigenvalue weighted by Crippen LogP contribution is 2.28. The van der Waals surface area contributed by atoms with E-state index >= 15 is 0 Å². The summed E-state index contributed by atoms with van der Waals surface area (Å²) in [5, 5.41) is 3.30. The molecular weight excluding hydrogens is 374 g/mol. The maximum Gasteiger partial charge on any atom is 0.239 e. The Labute approximate surface area is 180 Å². The fourth-order valence-corrected chi connectivity index (χ4v) is 4.84. The number of rotatable bonds is 6. The first kappa shape index (κ1) is 20.9. The highest BCUT2D eigenvalue weighted by Gasteiger charge is 2.29. The first-order valence-electron chi connectivity index (χ1n) is 11.1. The van der Waals surface area contributed by atoms with Gasteiger partial charge >= 0.3 is 0 Å². The number of hydrogen-bond acceptors (Lipinski definition) is 4. The molecule has 2 aliphatic heterocycles. The van der Waals surface area contributed by atoms with Crippen molar-refractivity contribution in [1.29, 1.82) is 0 Å². The van der Waals surface area contributed by atoms with Gasteiger partial charge in [-0.3, -0.25) is 9.69 Å². The highest BCUT2D eigenvalue weighted by atomic mass is 16.5. The van der Waals surface area contributed by atoms with E-state index in [4.69, 9.17) is 4.74 Å². The van der Waals surface area contributed by atoms with Crippen LogP contribution in [-0.2, 0) is 16.0 Å². The number of amides is 1. The van der Waals surface area contributed by atoms with Crippen LogP contribution in [0.25, 0.3) is 0 Å². The monoisotopic (exact) mass is 407 g/mol. The predicted molar refractivity (Wildman–Crippen MR) is 121 cm³/mol. The van der Waals surface area contributed by atoms with Gasteiger partial charge < -0.3 is 15.0 Å². The van der Waals surface area contributed by atoms with Crippen molar-refractivity contribution in [3.8, 4) is 0 Å². The van der Waals surface area contributed by atoms with E-state index in [2.05, 4.69) is 71.4 Å². The van der Waals surface area contributed by atoms with Gasteiger partial charge in [0.05, 0.1) is 25.8 Å². The van der Waals surface area contributed by atoms with E-state index in [0.29, 0.717) is 6.54 Å². The largest absolute Gasteiger partial charge is 0.379 e. The lowest BCUT2D eigenvalue weighted by Gasteiger charge is -2.39. The maximum absolute atomic E-state index is 13.0. The van der Waals surface area contributed by atoms with Crippen LogP contribution in [0.2, 0.25) is 0 Å². The average Bonchev–Trinajstić information content (AvgIpc) is 2.75. The van der Waals surface area contributed by atoms with Crippen molar-refractivity contribution in [2.24, 2.45) is 0 Å². The second-order valence-corrected chi connectivity index (χ2v) is 8.52. The summed E-state index contributed by atoms with van der Waals surface area (Å²) in [6.07, 6.45) is 2.19. The van der Waals surface area contributed by atoms with Gasteiger partial charge in [-0.15, -0.1) is 0 Å². The van der Waals surface area contributed by atoms with E-state index in [1.807, 2.05) is 6.07 Å². The first-order valence-corrected chi connectivity index (χ1v) is 11.1. The highest BCUT2D eigenvalue weighted by molar-refractivity contribution is 5.82. The van der Waals surface area contributed by atoms with E-state index in [9.17, 15) is 4.79 Å². The third-order valence-corrected chi connectivity index (χ3v) is 6.23. The summed E-state index contributed by atoms with van der Waals surface area (Å²) in [4.78, 5) is 17.7. The number of morpholine rings is 1. The molecule has 1 N–H and O–H groups in total. The van der Waals surface area contributed by atoms with E-state index in [1.165, 1.54) is 22.4 Å². The number of aryl methyl sites for hydroxylation is 2. The summed E-state index contributed by atoms with van der Waals surface area (Å²) in [5.74, 6) is 0.0881. The molecular formula is C25H33N3O2. The van der Waals surface area contributed by atoms with Crippen LogP contribution >= 0.6 is 0 Å². The Hall–Kier alpha value is -2.37. The molecule has 0 radical (unpaired) electrons. The molecule has 5 heteroatoms. The van der Waals surface area contributed by atoms with Gasteiger partial charge in [-0.25, -0.2) is 0 Å². The summed E-state index contributed by atoms with van der Waals surface area (Å²) in [5.41, 5.74) is 5.09. The molecule has 4 rings (SSSR count). The zero-order valence-electron chi connectivity index (χ0n) is 18.1. The van der Waals surface area contributed by atoms with Gasteiger partial charge in [0, 0.05) is 31.4 Å². The van der Waals surface area contributed by atoms with Gasteiger partial charge in [0.15, 0.2) is 0 Å². The van der Waals surface area contributed by atoms with Crippen LogP contribution in [0.15, 0.2) is 48.5 Å². The van der Waals surface area contributed by atoms with Crippen molar-refractivity contribution in [2.75, 3.05) is 44.3 Å². The van der Waals surface area contributed by atoms with E-state index in [1.54, 1.807) is 0 Å². The number of ether oxygens (including phenoxy) is 1. The topological polar surface area (TPSA) is 44.8 Å². The van der Waals surface area contributed by atoms with E-state index in [-0.39, 0.29) is 18.0 Å². The molecule has 0 unspecified atom stereocenters.